The molecule has 2 amide bonds. The standard InChI is InChI=1S/C17H18N4O4/c1-10(22)18-6-14-7-21(17(23)25-14)13-2-3-15-11(4-13)8-24-9-12-5-19-20-16(12)15/h2-5,14H,6-9H2,1H3,(H,18,22)(H,19,20)/t14-/m0/s1. The topological polar surface area (TPSA) is 96.5 Å². The minimum absolute atomic E-state index is 0.146. The summed E-state index contributed by atoms with van der Waals surface area (Å²) in [6, 6.07) is 5.79. The van der Waals surface area contributed by atoms with E-state index in [1.54, 1.807) is 11.1 Å². The Balaban J connectivity index is 1.58. The molecule has 0 unspecified atom stereocenters. The van der Waals surface area contributed by atoms with Crippen molar-refractivity contribution >= 4 is 17.7 Å². The van der Waals surface area contributed by atoms with Crippen molar-refractivity contribution in [3.8, 4) is 11.3 Å². The van der Waals surface area contributed by atoms with E-state index >= 15 is 0 Å². The first-order valence-corrected chi connectivity index (χ1v) is 8.07. The fourth-order valence-electron chi connectivity index (χ4n) is 3.13. The minimum Gasteiger partial charge on any atom is -0.442 e. The molecule has 2 aliphatic heterocycles. The maximum Gasteiger partial charge on any atom is 0.414 e. The number of cyclic esters (lactones) is 1. The van der Waals surface area contributed by atoms with E-state index in [2.05, 4.69) is 15.5 Å². The molecule has 2 aliphatic rings. The van der Waals surface area contributed by atoms with Gasteiger partial charge in [-0.15, -0.1) is 0 Å². The number of nitrogens with zero attached hydrogens (tertiary/aromatic N) is 2. The molecule has 8 nitrogen and oxygen atoms in total. The third-order valence-electron chi connectivity index (χ3n) is 4.36. The van der Waals surface area contributed by atoms with Crippen LogP contribution < -0.4 is 10.2 Å². The van der Waals surface area contributed by atoms with Gasteiger partial charge in [0.1, 0.15) is 6.10 Å². The normalized spacial score (nSPS) is 19.0. The number of H-pyrrole nitrogens is 1. The van der Waals surface area contributed by atoms with Crippen LogP contribution >= 0.6 is 0 Å². The van der Waals surface area contributed by atoms with Crippen LogP contribution in [0.3, 0.4) is 0 Å². The van der Waals surface area contributed by atoms with E-state index in [1.807, 2.05) is 18.2 Å². The number of aromatic nitrogens is 2. The van der Waals surface area contributed by atoms with Gasteiger partial charge in [-0.3, -0.25) is 14.8 Å². The molecular formula is C17H18N4O4. The zero-order valence-electron chi connectivity index (χ0n) is 13.7. The largest absolute Gasteiger partial charge is 0.442 e. The number of aromatic amines is 1. The predicted octanol–water partition coefficient (Wildman–Crippen LogP) is 1.57. The number of ether oxygens (including phenoxy) is 2. The quantitative estimate of drug-likeness (QED) is 0.882. The molecule has 25 heavy (non-hydrogen) atoms. The number of fused-ring (bicyclic) bond motifs is 3. The van der Waals surface area contributed by atoms with Gasteiger partial charge in [-0.2, -0.15) is 5.10 Å². The summed E-state index contributed by atoms with van der Waals surface area (Å²) in [7, 11) is 0. The zero-order chi connectivity index (χ0) is 17.4. The first kappa shape index (κ1) is 15.6. The van der Waals surface area contributed by atoms with E-state index in [-0.39, 0.29) is 12.0 Å². The Labute approximate surface area is 144 Å². The van der Waals surface area contributed by atoms with Crippen molar-refractivity contribution in [2.45, 2.75) is 26.2 Å². The lowest BCUT2D eigenvalue weighted by atomic mass is 10.0. The molecule has 2 aromatic rings. The second-order valence-electron chi connectivity index (χ2n) is 6.16. The van der Waals surface area contributed by atoms with Crippen molar-refractivity contribution in [2.24, 2.45) is 0 Å². The van der Waals surface area contributed by atoms with Crippen molar-refractivity contribution in [3.63, 3.8) is 0 Å². The third-order valence-corrected chi connectivity index (χ3v) is 4.36. The number of amides is 2. The number of anilines is 1. The van der Waals surface area contributed by atoms with Gasteiger partial charge >= 0.3 is 6.09 Å². The van der Waals surface area contributed by atoms with Gasteiger partial charge in [-0.05, 0) is 17.7 Å². The summed E-state index contributed by atoms with van der Waals surface area (Å²) in [5.41, 5.74) is 4.73. The van der Waals surface area contributed by atoms with Crippen LogP contribution in [-0.2, 0) is 27.5 Å². The van der Waals surface area contributed by atoms with Gasteiger partial charge < -0.3 is 14.8 Å². The van der Waals surface area contributed by atoms with Crippen LogP contribution in [0, 0.1) is 0 Å². The first-order chi connectivity index (χ1) is 12.1. The molecule has 1 atom stereocenters. The average Bonchev–Trinajstić information content (AvgIpc) is 3.15. The van der Waals surface area contributed by atoms with Gasteiger partial charge in [-0.25, -0.2) is 4.79 Å². The third kappa shape index (κ3) is 2.96. The van der Waals surface area contributed by atoms with Crippen LogP contribution in [0.5, 0.6) is 0 Å². The van der Waals surface area contributed by atoms with Gasteiger partial charge in [0, 0.05) is 23.7 Å². The summed E-state index contributed by atoms with van der Waals surface area (Å²) < 4.78 is 11.0. The molecule has 1 aromatic carbocycles. The number of benzene rings is 1. The Morgan fingerprint density at radius 3 is 3.08 bits per heavy atom. The monoisotopic (exact) mass is 342 g/mol. The van der Waals surface area contributed by atoms with E-state index in [1.165, 1.54) is 6.92 Å². The molecule has 0 radical (unpaired) electrons. The highest BCUT2D eigenvalue weighted by Crippen LogP contribution is 2.33. The lowest BCUT2D eigenvalue weighted by Gasteiger charge is -2.16. The van der Waals surface area contributed by atoms with E-state index in [4.69, 9.17) is 9.47 Å². The van der Waals surface area contributed by atoms with Crippen molar-refractivity contribution in [2.75, 3.05) is 18.0 Å². The van der Waals surface area contributed by atoms with Gasteiger partial charge in [0.05, 0.1) is 38.2 Å². The summed E-state index contributed by atoms with van der Waals surface area (Å²) >= 11 is 0. The molecule has 0 aliphatic carbocycles. The first-order valence-electron chi connectivity index (χ1n) is 8.07. The molecule has 3 heterocycles. The van der Waals surface area contributed by atoms with E-state index < -0.39 is 6.09 Å². The number of rotatable bonds is 3. The lowest BCUT2D eigenvalue weighted by molar-refractivity contribution is -0.119. The van der Waals surface area contributed by atoms with Gasteiger partial charge in [0.25, 0.3) is 0 Å². The number of hydrogen-bond donors (Lipinski definition) is 2. The summed E-state index contributed by atoms with van der Waals surface area (Å²) in [6.07, 6.45) is 1.00. The molecular weight excluding hydrogens is 324 g/mol. The Bertz CT molecular complexity index is 832. The predicted molar refractivity (Wildman–Crippen MR) is 88.8 cm³/mol. The fraction of sp³-hybridized carbons (Fsp3) is 0.353. The van der Waals surface area contributed by atoms with Crippen molar-refractivity contribution in [1.82, 2.24) is 15.5 Å². The molecule has 4 rings (SSSR count). The highest BCUT2D eigenvalue weighted by atomic mass is 16.6. The molecule has 2 N–H and O–H groups in total. The van der Waals surface area contributed by atoms with E-state index in [9.17, 15) is 9.59 Å². The second kappa shape index (κ2) is 6.21. The summed E-state index contributed by atoms with van der Waals surface area (Å²) in [4.78, 5) is 24.8. The smallest absolute Gasteiger partial charge is 0.414 e. The molecule has 130 valence electrons. The summed E-state index contributed by atoms with van der Waals surface area (Å²) in [5.74, 6) is -0.146. The molecule has 1 saturated heterocycles. The molecule has 0 spiro atoms. The van der Waals surface area contributed by atoms with Crippen LogP contribution in [-0.4, -0.2) is 41.4 Å². The van der Waals surface area contributed by atoms with Crippen molar-refractivity contribution in [3.05, 3.63) is 35.5 Å². The highest BCUT2D eigenvalue weighted by molar-refractivity contribution is 5.90. The Morgan fingerprint density at radius 2 is 2.24 bits per heavy atom. The Kier molecular flexibility index (Phi) is 3.89. The minimum atomic E-state index is -0.410. The summed E-state index contributed by atoms with van der Waals surface area (Å²) in [5, 5.41) is 9.76. The zero-order valence-corrected chi connectivity index (χ0v) is 13.7. The summed E-state index contributed by atoms with van der Waals surface area (Å²) in [6.45, 7) is 3.10. The maximum atomic E-state index is 12.2. The second-order valence-corrected chi connectivity index (χ2v) is 6.16. The van der Waals surface area contributed by atoms with Crippen molar-refractivity contribution in [1.29, 1.82) is 0 Å². The van der Waals surface area contributed by atoms with Gasteiger partial charge in [0.15, 0.2) is 0 Å². The van der Waals surface area contributed by atoms with Gasteiger partial charge in [-0.1, -0.05) is 6.07 Å². The number of nitrogens with one attached hydrogen (secondary N) is 2. The lowest BCUT2D eigenvalue weighted by Crippen LogP contribution is -2.33. The van der Waals surface area contributed by atoms with Crippen LogP contribution in [0.15, 0.2) is 24.4 Å². The number of carbonyl (C=O) groups excluding carboxylic acids is 2. The number of carbonyl (C=O) groups is 2. The Morgan fingerprint density at radius 1 is 1.40 bits per heavy atom. The van der Waals surface area contributed by atoms with E-state index in [0.29, 0.717) is 26.3 Å². The SMILES string of the molecule is CC(=O)NC[C@H]1CN(c2ccc3c(c2)COCc2cn[nH]c2-3)C(=O)O1. The maximum absolute atomic E-state index is 12.2. The van der Waals surface area contributed by atoms with Crippen molar-refractivity contribution < 1.29 is 19.1 Å². The van der Waals surface area contributed by atoms with E-state index in [0.717, 1.165) is 28.1 Å². The molecule has 1 fully saturated rings. The fourth-order valence-corrected chi connectivity index (χ4v) is 3.13. The van der Waals surface area contributed by atoms with Gasteiger partial charge in [0.2, 0.25) is 5.91 Å². The van der Waals surface area contributed by atoms with Crippen LogP contribution in [0.4, 0.5) is 10.5 Å². The molecule has 0 bridgehead atoms. The Hall–Kier alpha value is -2.87. The molecule has 8 heteroatoms. The molecule has 1 aromatic heterocycles. The van der Waals surface area contributed by atoms with Crippen LogP contribution in [0.1, 0.15) is 18.1 Å². The average molecular weight is 342 g/mol. The number of hydrogen-bond acceptors (Lipinski definition) is 5. The molecule has 0 saturated carbocycles. The van der Waals surface area contributed by atoms with Crippen LogP contribution in [0.25, 0.3) is 11.3 Å². The van der Waals surface area contributed by atoms with Crippen LogP contribution in [0.2, 0.25) is 0 Å². The highest BCUT2D eigenvalue weighted by Gasteiger charge is 2.33.